The van der Waals surface area contributed by atoms with Crippen molar-refractivity contribution in [1.82, 2.24) is 5.32 Å². The van der Waals surface area contributed by atoms with Crippen molar-refractivity contribution in [1.29, 1.82) is 0 Å². The summed E-state index contributed by atoms with van der Waals surface area (Å²) in [6, 6.07) is 1.66. The van der Waals surface area contributed by atoms with E-state index in [9.17, 15) is 9.59 Å². The molecule has 0 aliphatic heterocycles. The minimum atomic E-state index is -0.849. The maximum atomic E-state index is 11.4. The van der Waals surface area contributed by atoms with E-state index in [0.717, 1.165) is 4.90 Å². The number of hydrogen-bond donors (Lipinski definition) is 3. The lowest BCUT2D eigenvalue weighted by Crippen LogP contribution is -2.28. The fraction of sp³-hybridized carbons (Fsp3) is 0.250. The fourth-order valence-corrected chi connectivity index (χ4v) is 1.91. The second kappa shape index (κ2) is 5.62. The zero-order valence-electron chi connectivity index (χ0n) is 7.73. The highest BCUT2D eigenvalue weighted by Gasteiger charge is 2.07. The topological polar surface area (TPSA) is 81.4 Å². The molecule has 15 heavy (non-hydrogen) atoms. The minimum absolute atomic E-state index is 0.0696. The Hall–Kier alpha value is -1.21. The molecule has 0 atom stereocenters. The van der Waals surface area contributed by atoms with Gasteiger partial charge in [-0.3, -0.25) is 4.79 Å². The Kier molecular flexibility index (Phi) is 4.44. The Labute approximate surface area is 96.0 Å². The molecule has 1 heterocycles. The first kappa shape index (κ1) is 11.9. The SMILES string of the molecule is NC(=O)OCCNC(=O)c1cc(S)cs1. The van der Waals surface area contributed by atoms with Crippen molar-refractivity contribution in [2.45, 2.75) is 4.90 Å². The van der Waals surface area contributed by atoms with Gasteiger partial charge in [-0.2, -0.15) is 0 Å². The average Bonchev–Trinajstić information content (AvgIpc) is 2.59. The van der Waals surface area contributed by atoms with Crippen molar-refractivity contribution in [3.05, 3.63) is 16.3 Å². The zero-order chi connectivity index (χ0) is 11.3. The molecule has 3 N–H and O–H groups in total. The number of amides is 2. The van der Waals surface area contributed by atoms with E-state index in [1.54, 1.807) is 11.4 Å². The van der Waals surface area contributed by atoms with Gasteiger partial charge in [-0.25, -0.2) is 4.79 Å². The lowest BCUT2D eigenvalue weighted by Gasteiger charge is -2.02. The van der Waals surface area contributed by atoms with Gasteiger partial charge < -0.3 is 15.8 Å². The molecule has 82 valence electrons. The molecule has 0 radical (unpaired) electrons. The van der Waals surface area contributed by atoms with Gasteiger partial charge in [0.05, 0.1) is 11.4 Å². The van der Waals surface area contributed by atoms with Gasteiger partial charge in [0.1, 0.15) is 6.61 Å². The van der Waals surface area contributed by atoms with E-state index in [1.165, 1.54) is 11.3 Å². The van der Waals surface area contributed by atoms with Crippen LogP contribution in [0.2, 0.25) is 0 Å². The quantitative estimate of drug-likeness (QED) is 0.544. The lowest BCUT2D eigenvalue weighted by atomic mass is 10.4. The van der Waals surface area contributed by atoms with E-state index >= 15 is 0 Å². The molecule has 0 bridgehead atoms. The van der Waals surface area contributed by atoms with Crippen LogP contribution in [0, 0.1) is 0 Å². The predicted octanol–water partition coefficient (Wildman–Crippen LogP) is 0.862. The third kappa shape index (κ3) is 4.22. The molecule has 1 aromatic rings. The largest absolute Gasteiger partial charge is 0.448 e. The Balaban J connectivity index is 2.28. The van der Waals surface area contributed by atoms with Crippen LogP contribution in [0.5, 0.6) is 0 Å². The second-order valence-electron chi connectivity index (χ2n) is 2.59. The molecule has 0 aliphatic carbocycles. The zero-order valence-corrected chi connectivity index (χ0v) is 9.44. The second-order valence-corrected chi connectivity index (χ2v) is 4.02. The van der Waals surface area contributed by atoms with E-state index in [-0.39, 0.29) is 19.1 Å². The number of carbonyl (C=O) groups excluding carboxylic acids is 2. The van der Waals surface area contributed by atoms with E-state index in [1.807, 2.05) is 0 Å². The van der Waals surface area contributed by atoms with Crippen molar-refractivity contribution < 1.29 is 14.3 Å². The Morgan fingerprint density at radius 3 is 2.87 bits per heavy atom. The van der Waals surface area contributed by atoms with E-state index in [4.69, 9.17) is 5.73 Å². The van der Waals surface area contributed by atoms with E-state index in [2.05, 4.69) is 22.7 Å². The third-order valence-corrected chi connectivity index (χ3v) is 2.80. The first-order valence-corrected chi connectivity index (χ1v) is 5.40. The van der Waals surface area contributed by atoms with Crippen molar-refractivity contribution in [3.8, 4) is 0 Å². The minimum Gasteiger partial charge on any atom is -0.448 e. The summed E-state index contributed by atoms with van der Waals surface area (Å²) in [5.41, 5.74) is 4.74. The highest BCUT2D eigenvalue weighted by molar-refractivity contribution is 7.80. The summed E-state index contributed by atoms with van der Waals surface area (Å²) in [7, 11) is 0. The van der Waals surface area contributed by atoms with E-state index < -0.39 is 6.09 Å². The molecular formula is C8H10N2O3S2. The molecule has 1 aromatic heterocycles. The van der Waals surface area contributed by atoms with Crippen molar-refractivity contribution >= 4 is 36.0 Å². The fourth-order valence-electron chi connectivity index (χ4n) is 0.849. The molecule has 1 rings (SSSR count). The third-order valence-electron chi connectivity index (χ3n) is 1.44. The van der Waals surface area contributed by atoms with Gasteiger partial charge in [0.2, 0.25) is 0 Å². The van der Waals surface area contributed by atoms with Gasteiger partial charge in [-0.15, -0.1) is 24.0 Å². The number of primary amides is 1. The first-order chi connectivity index (χ1) is 7.09. The normalized spacial score (nSPS) is 9.67. The number of thiophene rings is 1. The van der Waals surface area contributed by atoms with Crippen molar-refractivity contribution in [2.75, 3.05) is 13.2 Å². The van der Waals surface area contributed by atoms with Gasteiger partial charge in [0, 0.05) is 10.3 Å². The number of carbonyl (C=O) groups is 2. The summed E-state index contributed by atoms with van der Waals surface area (Å²) in [4.78, 5) is 22.9. The molecule has 2 amide bonds. The summed E-state index contributed by atoms with van der Waals surface area (Å²) >= 11 is 5.38. The molecule has 0 saturated heterocycles. The highest BCUT2D eigenvalue weighted by atomic mass is 32.1. The lowest BCUT2D eigenvalue weighted by molar-refractivity contribution is 0.0940. The molecule has 0 unspecified atom stereocenters. The van der Waals surface area contributed by atoms with Crippen LogP contribution in [0.4, 0.5) is 4.79 Å². The molecule has 5 nitrogen and oxygen atoms in total. The van der Waals surface area contributed by atoms with Crippen LogP contribution in [0.3, 0.4) is 0 Å². The Morgan fingerprint density at radius 2 is 2.33 bits per heavy atom. The van der Waals surface area contributed by atoms with Crippen molar-refractivity contribution in [3.63, 3.8) is 0 Å². The van der Waals surface area contributed by atoms with Crippen LogP contribution in [0.15, 0.2) is 16.3 Å². The Morgan fingerprint density at radius 1 is 1.60 bits per heavy atom. The van der Waals surface area contributed by atoms with Crippen LogP contribution in [0.1, 0.15) is 9.67 Å². The molecule has 0 fully saturated rings. The number of ether oxygens (including phenoxy) is 1. The van der Waals surface area contributed by atoms with Crippen LogP contribution in [-0.2, 0) is 4.74 Å². The molecule has 0 spiro atoms. The average molecular weight is 246 g/mol. The smallest absolute Gasteiger partial charge is 0.404 e. The monoisotopic (exact) mass is 246 g/mol. The first-order valence-electron chi connectivity index (χ1n) is 4.07. The van der Waals surface area contributed by atoms with Crippen molar-refractivity contribution in [2.24, 2.45) is 5.73 Å². The summed E-state index contributed by atoms with van der Waals surface area (Å²) in [6.45, 7) is 0.307. The van der Waals surface area contributed by atoms with Gasteiger partial charge in [0.25, 0.3) is 5.91 Å². The summed E-state index contributed by atoms with van der Waals surface area (Å²) in [5.74, 6) is -0.214. The summed E-state index contributed by atoms with van der Waals surface area (Å²) in [5, 5.41) is 4.33. The molecule has 7 heteroatoms. The molecule has 0 aliphatic rings. The van der Waals surface area contributed by atoms with Crippen LogP contribution in [-0.4, -0.2) is 25.2 Å². The predicted molar refractivity (Wildman–Crippen MR) is 59.4 cm³/mol. The Bertz CT molecular complexity index is 365. The number of nitrogens with two attached hydrogens (primary N) is 1. The summed E-state index contributed by atoms with van der Waals surface area (Å²) < 4.78 is 4.45. The maximum absolute atomic E-state index is 11.4. The van der Waals surface area contributed by atoms with E-state index in [0.29, 0.717) is 4.88 Å². The standard InChI is InChI=1S/C8H10N2O3S2/c9-8(12)13-2-1-10-7(11)6-3-5(14)4-15-6/h3-4,14H,1-2H2,(H2,9,12)(H,10,11). The van der Waals surface area contributed by atoms with Crippen LogP contribution >= 0.6 is 24.0 Å². The van der Waals surface area contributed by atoms with Gasteiger partial charge in [-0.1, -0.05) is 0 Å². The number of hydrogen-bond acceptors (Lipinski definition) is 5. The highest BCUT2D eigenvalue weighted by Crippen LogP contribution is 2.16. The number of thiol groups is 1. The molecule has 0 saturated carbocycles. The van der Waals surface area contributed by atoms with Gasteiger partial charge in [-0.05, 0) is 6.07 Å². The number of rotatable bonds is 4. The van der Waals surface area contributed by atoms with Crippen LogP contribution in [0.25, 0.3) is 0 Å². The van der Waals surface area contributed by atoms with Gasteiger partial charge >= 0.3 is 6.09 Å². The number of nitrogens with one attached hydrogen (secondary N) is 1. The molecular weight excluding hydrogens is 236 g/mol. The maximum Gasteiger partial charge on any atom is 0.404 e. The van der Waals surface area contributed by atoms with Crippen LogP contribution < -0.4 is 11.1 Å². The molecule has 0 aromatic carbocycles. The summed E-state index contributed by atoms with van der Waals surface area (Å²) in [6.07, 6.45) is -0.849. The van der Waals surface area contributed by atoms with Gasteiger partial charge in [0.15, 0.2) is 0 Å².